The Kier molecular flexibility index (Phi) is 3.33. The average molecular weight is 365 g/mol. The average Bonchev–Trinajstić information content (AvgIpc) is 3.41. The molecule has 1 saturated carbocycles. The van der Waals surface area contributed by atoms with Crippen LogP contribution in [0.1, 0.15) is 16.8 Å². The van der Waals surface area contributed by atoms with Crippen LogP contribution >= 0.6 is 11.3 Å². The molecule has 2 fully saturated rings. The fourth-order valence-electron chi connectivity index (χ4n) is 4.40. The molecule has 0 radical (unpaired) electrons. The molecule has 3 aliphatic rings. The zero-order chi connectivity index (χ0) is 17.8. The van der Waals surface area contributed by atoms with Gasteiger partial charge in [0.25, 0.3) is 5.91 Å². The van der Waals surface area contributed by atoms with Crippen LogP contribution in [-0.4, -0.2) is 22.7 Å². The summed E-state index contributed by atoms with van der Waals surface area (Å²) in [5.74, 6) is -0.757. The summed E-state index contributed by atoms with van der Waals surface area (Å²) in [7, 11) is 0. The number of fused-ring (bicyclic) bond motifs is 5. The summed E-state index contributed by atoms with van der Waals surface area (Å²) in [6, 6.07) is 6.64. The molecule has 1 saturated heterocycles. The molecule has 4 atom stereocenters. The van der Waals surface area contributed by atoms with Crippen molar-refractivity contribution < 1.29 is 14.4 Å². The third kappa shape index (κ3) is 2.17. The number of aromatic nitrogens is 1. The highest BCUT2D eigenvalue weighted by Gasteiger charge is 2.59. The van der Waals surface area contributed by atoms with Gasteiger partial charge < -0.3 is 0 Å². The standard InChI is InChI=1S/C19H15N3O3S/c23-16(21-19-20-6-7-26-19)12-2-1-3-13(9-12)22-17(24)14-10-4-5-11(8-10)15(14)18(22)25/h1-7,9-11,14-15H,8H2,(H,20,21,23)/t10-,11+,14+,15-. The summed E-state index contributed by atoms with van der Waals surface area (Å²) in [6.45, 7) is 0. The molecule has 2 aliphatic carbocycles. The molecule has 7 heteroatoms. The fourth-order valence-corrected chi connectivity index (χ4v) is 4.92. The molecule has 1 N–H and O–H groups in total. The second kappa shape index (κ2) is 5.60. The van der Waals surface area contributed by atoms with E-state index >= 15 is 0 Å². The number of anilines is 2. The molecule has 2 aromatic rings. The lowest BCUT2D eigenvalue weighted by atomic mass is 9.85. The highest BCUT2D eigenvalue weighted by Crippen LogP contribution is 2.53. The third-order valence-electron chi connectivity index (χ3n) is 5.49. The monoisotopic (exact) mass is 365 g/mol. The van der Waals surface area contributed by atoms with Crippen molar-refractivity contribution >= 4 is 39.9 Å². The molecule has 2 bridgehead atoms. The lowest BCUT2D eigenvalue weighted by molar-refractivity contribution is -0.123. The maximum Gasteiger partial charge on any atom is 0.257 e. The lowest BCUT2D eigenvalue weighted by Gasteiger charge is -2.18. The number of benzene rings is 1. The number of imide groups is 1. The summed E-state index contributed by atoms with van der Waals surface area (Å²) >= 11 is 1.33. The Labute approximate surface area is 153 Å². The molecular weight excluding hydrogens is 350 g/mol. The van der Waals surface area contributed by atoms with Crippen LogP contribution in [0.15, 0.2) is 48.0 Å². The smallest absolute Gasteiger partial charge is 0.257 e. The number of thiazole rings is 1. The first kappa shape index (κ1) is 15.5. The van der Waals surface area contributed by atoms with Crippen LogP contribution in [0.25, 0.3) is 0 Å². The number of rotatable bonds is 3. The minimum absolute atomic E-state index is 0.144. The molecule has 1 aromatic heterocycles. The van der Waals surface area contributed by atoms with E-state index in [2.05, 4.69) is 22.5 Å². The Hall–Kier alpha value is -2.80. The number of carbonyl (C=O) groups is 3. The zero-order valence-corrected chi connectivity index (χ0v) is 14.5. The second-order valence-corrected chi connectivity index (χ2v) is 7.75. The van der Waals surface area contributed by atoms with Crippen molar-refractivity contribution in [3.8, 4) is 0 Å². The van der Waals surface area contributed by atoms with Crippen LogP contribution in [0.5, 0.6) is 0 Å². The fraction of sp³-hybridized carbons (Fsp3) is 0.263. The van der Waals surface area contributed by atoms with E-state index < -0.39 is 0 Å². The molecule has 5 rings (SSSR count). The van der Waals surface area contributed by atoms with Gasteiger partial charge in [-0.25, -0.2) is 9.88 Å². The molecule has 0 spiro atoms. The van der Waals surface area contributed by atoms with E-state index in [0.717, 1.165) is 6.42 Å². The van der Waals surface area contributed by atoms with Gasteiger partial charge in [-0.05, 0) is 36.5 Å². The molecule has 26 heavy (non-hydrogen) atoms. The Balaban J connectivity index is 1.43. The van der Waals surface area contributed by atoms with E-state index in [-0.39, 0.29) is 41.4 Å². The van der Waals surface area contributed by atoms with Crippen molar-refractivity contribution in [1.82, 2.24) is 4.98 Å². The normalized spacial score (nSPS) is 28.7. The molecule has 6 nitrogen and oxygen atoms in total. The maximum absolute atomic E-state index is 12.9. The number of allylic oxidation sites excluding steroid dienone is 2. The van der Waals surface area contributed by atoms with E-state index in [1.807, 2.05) is 0 Å². The molecular formula is C19H15N3O3S. The number of hydrogen-bond donors (Lipinski definition) is 1. The summed E-state index contributed by atoms with van der Waals surface area (Å²) in [5, 5.41) is 4.99. The van der Waals surface area contributed by atoms with Gasteiger partial charge in [-0.15, -0.1) is 11.3 Å². The van der Waals surface area contributed by atoms with E-state index in [4.69, 9.17) is 0 Å². The molecule has 3 amide bonds. The van der Waals surface area contributed by atoms with Crippen molar-refractivity contribution in [2.24, 2.45) is 23.7 Å². The van der Waals surface area contributed by atoms with Crippen LogP contribution in [0.4, 0.5) is 10.8 Å². The maximum atomic E-state index is 12.9. The largest absolute Gasteiger partial charge is 0.298 e. The molecule has 1 aromatic carbocycles. The van der Waals surface area contributed by atoms with Crippen LogP contribution < -0.4 is 10.2 Å². The SMILES string of the molecule is O=C(Nc1nccs1)c1cccc(N2C(=O)[C@@H]3[C@H](C2=O)[C@H]2C=C[C@@H]3C2)c1. The summed E-state index contributed by atoms with van der Waals surface area (Å²) in [6.07, 6.45) is 6.65. The van der Waals surface area contributed by atoms with Crippen molar-refractivity contribution in [3.05, 3.63) is 53.6 Å². The molecule has 1 aliphatic heterocycles. The Morgan fingerprint density at radius 1 is 1.15 bits per heavy atom. The Morgan fingerprint density at radius 2 is 1.88 bits per heavy atom. The van der Waals surface area contributed by atoms with E-state index in [9.17, 15) is 14.4 Å². The molecule has 130 valence electrons. The number of carbonyl (C=O) groups excluding carboxylic acids is 3. The number of nitrogens with one attached hydrogen (secondary N) is 1. The summed E-state index contributed by atoms with van der Waals surface area (Å²) < 4.78 is 0. The van der Waals surface area contributed by atoms with Crippen molar-refractivity contribution in [1.29, 1.82) is 0 Å². The van der Waals surface area contributed by atoms with Gasteiger partial charge in [-0.3, -0.25) is 19.7 Å². The first-order valence-corrected chi connectivity index (χ1v) is 9.38. The van der Waals surface area contributed by atoms with Gasteiger partial charge in [0.15, 0.2) is 5.13 Å². The number of hydrogen-bond acceptors (Lipinski definition) is 5. The minimum atomic E-state index is -0.317. The van der Waals surface area contributed by atoms with Gasteiger partial charge >= 0.3 is 0 Å². The molecule has 2 heterocycles. The van der Waals surface area contributed by atoms with E-state index in [0.29, 0.717) is 16.4 Å². The van der Waals surface area contributed by atoms with E-state index in [1.165, 1.54) is 16.2 Å². The summed E-state index contributed by atoms with van der Waals surface area (Å²) in [5.41, 5.74) is 0.844. The van der Waals surface area contributed by atoms with Crippen LogP contribution in [0, 0.1) is 23.7 Å². The Morgan fingerprint density at radius 3 is 2.54 bits per heavy atom. The minimum Gasteiger partial charge on any atom is -0.298 e. The van der Waals surface area contributed by atoms with Gasteiger partial charge in [0.1, 0.15) is 0 Å². The zero-order valence-electron chi connectivity index (χ0n) is 13.7. The predicted octanol–water partition coefficient (Wildman–Crippen LogP) is 2.71. The highest BCUT2D eigenvalue weighted by molar-refractivity contribution is 7.13. The van der Waals surface area contributed by atoms with Crippen LogP contribution in [0.2, 0.25) is 0 Å². The van der Waals surface area contributed by atoms with Gasteiger partial charge in [0.2, 0.25) is 11.8 Å². The van der Waals surface area contributed by atoms with Gasteiger partial charge in [-0.2, -0.15) is 0 Å². The molecule has 0 unspecified atom stereocenters. The topological polar surface area (TPSA) is 79.4 Å². The third-order valence-corrected chi connectivity index (χ3v) is 6.18. The first-order chi connectivity index (χ1) is 12.6. The Bertz CT molecular complexity index is 923. The van der Waals surface area contributed by atoms with Gasteiger partial charge in [0.05, 0.1) is 17.5 Å². The second-order valence-electron chi connectivity index (χ2n) is 6.85. The first-order valence-electron chi connectivity index (χ1n) is 8.50. The number of nitrogens with zero attached hydrogens (tertiary/aromatic N) is 2. The van der Waals surface area contributed by atoms with Gasteiger partial charge in [-0.1, -0.05) is 18.2 Å². The summed E-state index contributed by atoms with van der Waals surface area (Å²) in [4.78, 5) is 43.5. The van der Waals surface area contributed by atoms with Crippen LogP contribution in [0.3, 0.4) is 0 Å². The van der Waals surface area contributed by atoms with Gasteiger partial charge in [0, 0.05) is 17.1 Å². The van der Waals surface area contributed by atoms with Crippen LogP contribution in [-0.2, 0) is 9.59 Å². The highest BCUT2D eigenvalue weighted by atomic mass is 32.1. The van der Waals surface area contributed by atoms with Crippen molar-refractivity contribution in [2.45, 2.75) is 6.42 Å². The number of amides is 3. The quantitative estimate of drug-likeness (QED) is 0.670. The van der Waals surface area contributed by atoms with Crippen molar-refractivity contribution in [2.75, 3.05) is 10.2 Å². The predicted molar refractivity (Wildman–Crippen MR) is 96.7 cm³/mol. The van der Waals surface area contributed by atoms with E-state index in [1.54, 1.807) is 35.8 Å². The van der Waals surface area contributed by atoms with Crippen molar-refractivity contribution in [3.63, 3.8) is 0 Å². The lowest BCUT2D eigenvalue weighted by Crippen LogP contribution is -2.33.